The van der Waals surface area contributed by atoms with E-state index < -0.39 is 8.07 Å². The molecule has 118 valence electrons. The van der Waals surface area contributed by atoms with Crippen molar-refractivity contribution in [1.29, 1.82) is 0 Å². The van der Waals surface area contributed by atoms with E-state index in [0.29, 0.717) is 5.56 Å². The van der Waals surface area contributed by atoms with Gasteiger partial charge >= 0.3 is 0 Å². The standard InChI is InChI=1S/C19H26O2Si/c1-18(2)13-19(3,4)21-17-15(12-20)10-14(11-16(17)18)8-9-22(5,6)7/h10-12H,13H2,1-7H3. The number of fused-ring (bicyclic) bond motifs is 1. The first-order chi connectivity index (χ1) is 9.93. The Morgan fingerprint density at radius 3 is 2.36 bits per heavy atom. The van der Waals surface area contributed by atoms with Crippen LogP contribution in [0.5, 0.6) is 5.75 Å². The summed E-state index contributed by atoms with van der Waals surface area (Å²) < 4.78 is 6.11. The zero-order valence-electron chi connectivity index (χ0n) is 14.8. The highest BCUT2D eigenvalue weighted by molar-refractivity contribution is 6.83. The first-order valence-corrected chi connectivity index (χ1v) is 11.3. The Bertz CT molecular complexity index is 667. The molecule has 2 rings (SSSR count). The number of ether oxygens (including phenoxy) is 1. The maximum Gasteiger partial charge on any atom is 0.153 e. The SMILES string of the molecule is CC1(C)CC(C)(C)c2cc(C#C[Si](C)(C)C)cc(C=O)c2O1. The van der Waals surface area contributed by atoms with Gasteiger partial charge in [0.2, 0.25) is 0 Å². The second kappa shape index (κ2) is 5.28. The first kappa shape index (κ1) is 16.8. The Hall–Kier alpha value is -1.53. The lowest BCUT2D eigenvalue weighted by molar-refractivity contribution is 0.0524. The summed E-state index contributed by atoms with van der Waals surface area (Å²) in [6, 6.07) is 3.96. The highest BCUT2D eigenvalue weighted by Crippen LogP contribution is 2.46. The van der Waals surface area contributed by atoms with Crippen molar-refractivity contribution in [3.63, 3.8) is 0 Å². The molecule has 22 heavy (non-hydrogen) atoms. The summed E-state index contributed by atoms with van der Waals surface area (Å²) in [5.74, 6) is 4.00. The molecule has 0 atom stereocenters. The molecule has 0 fully saturated rings. The Morgan fingerprint density at radius 1 is 1.18 bits per heavy atom. The summed E-state index contributed by atoms with van der Waals surface area (Å²) >= 11 is 0. The smallest absolute Gasteiger partial charge is 0.153 e. The molecule has 0 N–H and O–H groups in total. The minimum atomic E-state index is -1.44. The molecule has 0 radical (unpaired) electrons. The van der Waals surface area contributed by atoms with Crippen LogP contribution in [0.4, 0.5) is 0 Å². The summed E-state index contributed by atoms with van der Waals surface area (Å²) in [6.07, 6.45) is 1.80. The molecule has 0 bridgehead atoms. The first-order valence-electron chi connectivity index (χ1n) is 7.79. The zero-order chi connectivity index (χ0) is 16.8. The summed E-state index contributed by atoms with van der Waals surface area (Å²) in [4.78, 5) is 11.5. The van der Waals surface area contributed by atoms with Gasteiger partial charge in [0, 0.05) is 11.1 Å². The minimum absolute atomic E-state index is 0.0360. The van der Waals surface area contributed by atoms with Gasteiger partial charge in [0.15, 0.2) is 6.29 Å². The van der Waals surface area contributed by atoms with Gasteiger partial charge in [0.05, 0.1) is 5.56 Å². The number of rotatable bonds is 1. The van der Waals surface area contributed by atoms with Crippen LogP contribution in [0.2, 0.25) is 19.6 Å². The third-order valence-electron chi connectivity index (χ3n) is 3.80. The second-order valence-electron chi connectivity index (χ2n) is 8.48. The Kier molecular flexibility index (Phi) is 4.04. The monoisotopic (exact) mass is 314 g/mol. The van der Waals surface area contributed by atoms with Crippen LogP contribution < -0.4 is 4.74 Å². The average molecular weight is 315 g/mol. The van der Waals surface area contributed by atoms with Crippen LogP contribution in [0.15, 0.2) is 12.1 Å². The number of carbonyl (C=O) groups is 1. The van der Waals surface area contributed by atoms with Crippen molar-refractivity contribution >= 4 is 14.4 Å². The van der Waals surface area contributed by atoms with Crippen molar-refractivity contribution in [2.75, 3.05) is 0 Å². The molecule has 0 unspecified atom stereocenters. The van der Waals surface area contributed by atoms with Crippen molar-refractivity contribution in [2.45, 2.75) is 64.8 Å². The van der Waals surface area contributed by atoms with Gasteiger partial charge in [-0.15, -0.1) is 5.54 Å². The number of aldehydes is 1. The van der Waals surface area contributed by atoms with E-state index >= 15 is 0 Å². The van der Waals surface area contributed by atoms with Crippen LogP contribution in [-0.4, -0.2) is 20.0 Å². The van der Waals surface area contributed by atoms with E-state index in [4.69, 9.17) is 4.74 Å². The van der Waals surface area contributed by atoms with E-state index in [0.717, 1.165) is 29.6 Å². The highest BCUT2D eigenvalue weighted by Gasteiger charge is 2.40. The molecule has 1 aliphatic rings. The summed E-state index contributed by atoms with van der Waals surface area (Å²) in [6.45, 7) is 15.2. The lowest BCUT2D eigenvalue weighted by Crippen LogP contribution is -2.41. The maximum atomic E-state index is 11.5. The van der Waals surface area contributed by atoms with Crippen molar-refractivity contribution in [1.82, 2.24) is 0 Å². The fourth-order valence-electron chi connectivity index (χ4n) is 3.16. The van der Waals surface area contributed by atoms with E-state index in [1.807, 2.05) is 6.07 Å². The average Bonchev–Trinajstić information content (AvgIpc) is 2.33. The van der Waals surface area contributed by atoms with E-state index in [9.17, 15) is 4.79 Å². The van der Waals surface area contributed by atoms with Gasteiger partial charge in [-0.3, -0.25) is 4.79 Å². The summed E-state index contributed by atoms with van der Waals surface area (Å²) in [7, 11) is -1.44. The van der Waals surface area contributed by atoms with Gasteiger partial charge in [-0.1, -0.05) is 39.4 Å². The van der Waals surface area contributed by atoms with Crippen molar-refractivity contribution in [3.05, 3.63) is 28.8 Å². The Balaban J connectivity index is 2.62. The van der Waals surface area contributed by atoms with Crippen molar-refractivity contribution in [2.24, 2.45) is 0 Å². The van der Waals surface area contributed by atoms with Crippen LogP contribution in [0.25, 0.3) is 0 Å². The molecule has 0 aliphatic carbocycles. The van der Waals surface area contributed by atoms with E-state index in [-0.39, 0.29) is 11.0 Å². The lowest BCUT2D eigenvalue weighted by Gasteiger charge is -2.43. The molecule has 3 heteroatoms. The molecule has 0 saturated heterocycles. The topological polar surface area (TPSA) is 26.3 Å². The molecule has 2 nitrogen and oxygen atoms in total. The largest absolute Gasteiger partial charge is 0.487 e. The minimum Gasteiger partial charge on any atom is -0.487 e. The second-order valence-corrected chi connectivity index (χ2v) is 13.2. The fourth-order valence-corrected chi connectivity index (χ4v) is 3.68. The third-order valence-corrected chi connectivity index (χ3v) is 4.68. The fraction of sp³-hybridized carbons (Fsp3) is 0.526. The Morgan fingerprint density at radius 2 is 1.82 bits per heavy atom. The summed E-state index contributed by atoms with van der Waals surface area (Å²) in [5, 5.41) is 0. The quantitative estimate of drug-likeness (QED) is 0.431. The molecule has 0 spiro atoms. The molecule has 0 aromatic heterocycles. The van der Waals surface area contributed by atoms with Crippen LogP contribution in [-0.2, 0) is 5.41 Å². The molecular weight excluding hydrogens is 288 g/mol. The van der Waals surface area contributed by atoms with Crippen LogP contribution in [0, 0.1) is 11.5 Å². The van der Waals surface area contributed by atoms with Gasteiger partial charge in [0.25, 0.3) is 0 Å². The number of benzene rings is 1. The van der Waals surface area contributed by atoms with Gasteiger partial charge in [-0.2, -0.15) is 0 Å². The molecule has 0 saturated carbocycles. The van der Waals surface area contributed by atoms with E-state index in [1.165, 1.54) is 0 Å². The van der Waals surface area contributed by atoms with Crippen LogP contribution >= 0.6 is 0 Å². The van der Waals surface area contributed by atoms with Crippen molar-refractivity contribution in [3.8, 4) is 17.2 Å². The van der Waals surface area contributed by atoms with Crippen LogP contribution in [0.1, 0.15) is 55.6 Å². The predicted octanol–water partition coefficient (Wildman–Crippen LogP) is 4.57. The highest BCUT2D eigenvalue weighted by atomic mass is 28.3. The van der Waals surface area contributed by atoms with Crippen LogP contribution in [0.3, 0.4) is 0 Å². The van der Waals surface area contributed by atoms with E-state index in [2.05, 4.69) is 64.9 Å². The number of hydrogen-bond donors (Lipinski definition) is 0. The molecule has 1 aromatic rings. The number of carbonyl (C=O) groups excluding carboxylic acids is 1. The van der Waals surface area contributed by atoms with Gasteiger partial charge in [-0.25, -0.2) is 0 Å². The van der Waals surface area contributed by atoms with Crippen molar-refractivity contribution < 1.29 is 9.53 Å². The van der Waals surface area contributed by atoms with Gasteiger partial charge in [0.1, 0.15) is 19.4 Å². The normalized spacial score (nSPS) is 18.5. The molecular formula is C19H26O2Si. The van der Waals surface area contributed by atoms with Gasteiger partial charge < -0.3 is 4.74 Å². The predicted molar refractivity (Wildman–Crippen MR) is 94.4 cm³/mol. The lowest BCUT2D eigenvalue weighted by atomic mass is 9.73. The molecule has 1 aliphatic heterocycles. The van der Waals surface area contributed by atoms with E-state index in [1.54, 1.807) is 0 Å². The van der Waals surface area contributed by atoms with Gasteiger partial charge in [-0.05, 0) is 37.8 Å². The third kappa shape index (κ3) is 3.62. The molecule has 1 aromatic carbocycles. The Labute approximate surface area is 135 Å². The maximum absolute atomic E-state index is 11.5. The number of hydrogen-bond acceptors (Lipinski definition) is 2. The molecule has 0 amide bonds. The molecule has 1 heterocycles. The summed E-state index contributed by atoms with van der Waals surface area (Å²) in [5.41, 5.74) is 5.69. The zero-order valence-corrected chi connectivity index (χ0v) is 15.8.